The molecule has 1 aromatic rings. The van der Waals surface area contributed by atoms with Gasteiger partial charge in [-0.3, -0.25) is 10.1 Å². The second kappa shape index (κ2) is 7.22. The van der Waals surface area contributed by atoms with Gasteiger partial charge in [-0.25, -0.2) is 4.79 Å². The van der Waals surface area contributed by atoms with Gasteiger partial charge in [-0.05, 0) is 39.8 Å². The Kier molecular flexibility index (Phi) is 5.87. The number of rotatable bonds is 6. The SMILES string of the molecule is CCN(CCO)c1ccc(C(=O)OC(C)(C)C)c([N+](=O)[O-])c1. The summed E-state index contributed by atoms with van der Waals surface area (Å²) in [5.41, 5.74) is -0.530. The van der Waals surface area contributed by atoms with E-state index < -0.39 is 16.5 Å². The Morgan fingerprint density at radius 2 is 2.05 bits per heavy atom. The molecule has 0 radical (unpaired) electrons. The third kappa shape index (κ3) is 4.70. The van der Waals surface area contributed by atoms with E-state index in [4.69, 9.17) is 9.84 Å². The van der Waals surface area contributed by atoms with Crippen LogP contribution in [0.2, 0.25) is 0 Å². The Bertz CT molecular complexity index is 551. The van der Waals surface area contributed by atoms with Gasteiger partial charge >= 0.3 is 5.97 Å². The molecule has 0 amide bonds. The summed E-state index contributed by atoms with van der Waals surface area (Å²) in [7, 11) is 0. The van der Waals surface area contributed by atoms with E-state index in [1.807, 2.05) is 6.92 Å². The molecule has 0 heterocycles. The molecule has 7 nitrogen and oxygen atoms in total. The first-order chi connectivity index (χ1) is 10.2. The van der Waals surface area contributed by atoms with E-state index >= 15 is 0 Å². The van der Waals surface area contributed by atoms with Crippen LogP contribution in [0.1, 0.15) is 38.1 Å². The van der Waals surface area contributed by atoms with Crippen LogP contribution in [0.25, 0.3) is 0 Å². The van der Waals surface area contributed by atoms with E-state index in [1.165, 1.54) is 12.1 Å². The van der Waals surface area contributed by atoms with Crippen LogP contribution in [0.5, 0.6) is 0 Å². The van der Waals surface area contributed by atoms with Crippen molar-refractivity contribution < 1.29 is 19.6 Å². The van der Waals surface area contributed by atoms with Crippen LogP contribution in [-0.2, 0) is 4.74 Å². The molecule has 7 heteroatoms. The Morgan fingerprint density at radius 1 is 1.41 bits per heavy atom. The molecule has 122 valence electrons. The van der Waals surface area contributed by atoms with Gasteiger partial charge in [-0.15, -0.1) is 0 Å². The first kappa shape index (κ1) is 17.9. The fourth-order valence-electron chi connectivity index (χ4n) is 1.96. The number of aliphatic hydroxyl groups is 1. The third-order valence-electron chi connectivity index (χ3n) is 2.91. The minimum atomic E-state index is -0.726. The molecule has 0 saturated heterocycles. The second-order valence-electron chi connectivity index (χ2n) is 5.76. The maximum atomic E-state index is 12.1. The van der Waals surface area contributed by atoms with Crippen LogP contribution in [0.3, 0.4) is 0 Å². The number of likely N-dealkylation sites (N-methyl/N-ethyl adjacent to an activating group) is 1. The molecule has 0 aliphatic heterocycles. The molecule has 0 fully saturated rings. The zero-order valence-electron chi connectivity index (χ0n) is 13.3. The predicted octanol–water partition coefficient (Wildman–Crippen LogP) is 2.37. The highest BCUT2D eigenvalue weighted by atomic mass is 16.6. The number of ether oxygens (including phenoxy) is 1. The van der Waals surface area contributed by atoms with Crippen molar-refractivity contribution >= 4 is 17.3 Å². The molecule has 1 rings (SSSR count). The minimum Gasteiger partial charge on any atom is -0.456 e. The fourth-order valence-corrected chi connectivity index (χ4v) is 1.96. The number of nitro benzene ring substituents is 1. The van der Waals surface area contributed by atoms with Gasteiger partial charge in [0.2, 0.25) is 0 Å². The lowest BCUT2D eigenvalue weighted by Crippen LogP contribution is -2.27. The molecule has 0 aliphatic carbocycles. The van der Waals surface area contributed by atoms with Gasteiger partial charge in [0, 0.05) is 24.8 Å². The Labute approximate surface area is 129 Å². The van der Waals surface area contributed by atoms with E-state index in [0.29, 0.717) is 18.8 Å². The Balaban J connectivity index is 3.20. The van der Waals surface area contributed by atoms with E-state index in [2.05, 4.69) is 0 Å². The van der Waals surface area contributed by atoms with E-state index in [1.54, 1.807) is 31.7 Å². The summed E-state index contributed by atoms with van der Waals surface area (Å²) in [4.78, 5) is 24.5. The number of esters is 1. The maximum absolute atomic E-state index is 12.1. The first-order valence-corrected chi connectivity index (χ1v) is 7.07. The van der Waals surface area contributed by atoms with Crippen LogP contribution in [-0.4, -0.2) is 41.3 Å². The lowest BCUT2D eigenvalue weighted by Gasteiger charge is -2.23. The molecule has 0 unspecified atom stereocenters. The molecular weight excluding hydrogens is 288 g/mol. The van der Waals surface area contributed by atoms with E-state index in [-0.39, 0.29) is 17.9 Å². The normalized spacial score (nSPS) is 11.1. The molecule has 0 saturated carbocycles. The summed E-state index contributed by atoms with van der Waals surface area (Å²) in [6, 6.07) is 4.34. The number of hydrogen-bond acceptors (Lipinski definition) is 6. The molecule has 0 aromatic heterocycles. The van der Waals surface area contributed by atoms with Crippen molar-refractivity contribution in [2.45, 2.75) is 33.3 Å². The van der Waals surface area contributed by atoms with Gasteiger partial charge in [0.1, 0.15) is 11.2 Å². The van der Waals surface area contributed by atoms with Gasteiger partial charge in [-0.1, -0.05) is 0 Å². The van der Waals surface area contributed by atoms with Crippen LogP contribution >= 0.6 is 0 Å². The highest BCUT2D eigenvalue weighted by molar-refractivity contribution is 5.95. The summed E-state index contributed by atoms with van der Waals surface area (Å²) in [6.45, 7) is 7.86. The van der Waals surface area contributed by atoms with Crippen LogP contribution in [0, 0.1) is 10.1 Å². The van der Waals surface area contributed by atoms with Gasteiger partial charge in [0.15, 0.2) is 0 Å². The molecule has 1 aromatic carbocycles. The monoisotopic (exact) mass is 310 g/mol. The summed E-state index contributed by atoms with van der Waals surface area (Å²) in [6.07, 6.45) is 0. The average Bonchev–Trinajstić information content (AvgIpc) is 2.42. The summed E-state index contributed by atoms with van der Waals surface area (Å²) in [5.74, 6) is -0.726. The summed E-state index contributed by atoms with van der Waals surface area (Å²) < 4.78 is 5.19. The predicted molar refractivity (Wildman–Crippen MR) is 83.2 cm³/mol. The van der Waals surface area contributed by atoms with Crippen LogP contribution < -0.4 is 4.90 Å². The molecule has 1 N–H and O–H groups in total. The van der Waals surface area contributed by atoms with Gasteiger partial charge in [0.25, 0.3) is 5.69 Å². The molecule has 22 heavy (non-hydrogen) atoms. The van der Waals surface area contributed by atoms with Crippen molar-refractivity contribution in [2.75, 3.05) is 24.6 Å². The summed E-state index contributed by atoms with van der Waals surface area (Å²) >= 11 is 0. The van der Waals surface area contributed by atoms with Crippen molar-refractivity contribution in [3.05, 3.63) is 33.9 Å². The fraction of sp³-hybridized carbons (Fsp3) is 0.533. The molecule has 0 aliphatic rings. The zero-order valence-corrected chi connectivity index (χ0v) is 13.3. The van der Waals surface area contributed by atoms with Gasteiger partial charge < -0.3 is 14.7 Å². The number of nitro groups is 1. The number of hydrogen-bond donors (Lipinski definition) is 1. The molecule has 0 bridgehead atoms. The largest absolute Gasteiger partial charge is 0.456 e. The lowest BCUT2D eigenvalue weighted by atomic mass is 10.1. The first-order valence-electron chi connectivity index (χ1n) is 7.07. The van der Waals surface area contributed by atoms with E-state index in [9.17, 15) is 14.9 Å². The van der Waals surface area contributed by atoms with Crippen LogP contribution in [0.4, 0.5) is 11.4 Å². The van der Waals surface area contributed by atoms with Crippen molar-refractivity contribution in [3.8, 4) is 0 Å². The number of anilines is 1. The van der Waals surface area contributed by atoms with Gasteiger partial charge in [0.05, 0.1) is 11.5 Å². The Hall–Kier alpha value is -2.15. The van der Waals surface area contributed by atoms with Gasteiger partial charge in [-0.2, -0.15) is 0 Å². The molecule has 0 atom stereocenters. The quantitative estimate of drug-likeness (QED) is 0.492. The topological polar surface area (TPSA) is 92.9 Å². The average molecular weight is 310 g/mol. The van der Waals surface area contributed by atoms with Crippen molar-refractivity contribution in [1.29, 1.82) is 0 Å². The highest BCUT2D eigenvalue weighted by Crippen LogP contribution is 2.27. The number of benzene rings is 1. The summed E-state index contributed by atoms with van der Waals surface area (Å²) in [5, 5.41) is 20.3. The third-order valence-corrected chi connectivity index (χ3v) is 2.91. The number of nitrogens with zero attached hydrogens (tertiary/aromatic N) is 2. The number of aliphatic hydroxyl groups excluding tert-OH is 1. The van der Waals surface area contributed by atoms with Crippen LogP contribution in [0.15, 0.2) is 18.2 Å². The highest BCUT2D eigenvalue weighted by Gasteiger charge is 2.26. The Morgan fingerprint density at radius 3 is 2.50 bits per heavy atom. The number of carbonyl (C=O) groups is 1. The van der Waals surface area contributed by atoms with Crippen molar-refractivity contribution in [1.82, 2.24) is 0 Å². The zero-order chi connectivity index (χ0) is 16.9. The molecular formula is C15H22N2O5. The standard InChI is InChI=1S/C15H22N2O5/c1-5-16(8-9-18)11-6-7-12(13(10-11)17(20)21)14(19)22-15(2,3)4/h6-7,10,18H,5,8-9H2,1-4H3. The smallest absolute Gasteiger partial charge is 0.345 e. The van der Waals surface area contributed by atoms with Crippen molar-refractivity contribution in [3.63, 3.8) is 0 Å². The second-order valence-corrected chi connectivity index (χ2v) is 5.76. The number of carbonyl (C=O) groups excluding carboxylic acids is 1. The lowest BCUT2D eigenvalue weighted by molar-refractivity contribution is -0.385. The molecule has 0 spiro atoms. The van der Waals surface area contributed by atoms with E-state index in [0.717, 1.165) is 0 Å². The minimum absolute atomic E-state index is 0.0601. The van der Waals surface area contributed by atoms with Crippen molar-refractivity contribution in [2.24, 2.45) is 0 Å². The maximum Gasteiger partial charge on any atom is 0.345 e.